The number of hydrogen-bond donors (Lipinski definition) is 1. The number of nitrogens with one attached hydrogen (secondary N) is 1. The van der Waals surface area contributed by atoms with E-state index in [0.717, 1.165) is 24.3 Å². The summed E-state index contributed by atoms with van der Waals surface area (Å²) in [5.41, 5.74) is -0.0519. The zero-order valence-electron chi connectivity index (χ0n) is 18.9. The SMILES string of the molecule is O=C(NCc1cccc(C(F)(F)F)c1)c1csc(-c2ccc(OCc3cccc(C(F)(F)F)c3)cc2)n1. The Morgan fingerprint density at radius 3 is 2.05 bits per heavy atom. The molecule has 3 aromatic carbocycles. The smallest absolute Gasteiger partial charge is 0.416 e. The monoisotopic (exact) mass is 536 g/mol. The van der Waals surface area contributed by atoms with Gasteiger partial charge in [-0.2, -0.15) is 26.3 Å². The Balaban J connectivity index is 1.34. The Labute approximate surface area is 211 Å². The summed E-state index contributed by atoms with van der Waals surface area (Å²) >= 11 is 1.21. The molecule has 1 aromatic heterocycles. The van der Waals surface area contributed by atoms with Crippen molar-refractivity contribution in [3.05, 3.63) is 106 Å². The second-order valence-corrected chi connectivity index (χ2v) is 8.79. The van der Waals surface area contributed by atoms with E-state index in [-0.39, 0.29) is 18.8 Å². The lowest BCUT2D eigenvalue weighted by Gasteiger charge is -2.10. The van der Waals surface area contributed by atoms with Gasteiger partial charge in [0.2, 0.25) is 0 Å². The molecule has 192 valence electrons. The van der Waals surface area contributed by atoms with Gasteiger partial charge in [0.25, 0.3) is 5.91 Å². The van der Waals surface area contributed by atoms with E-state index in [2.05, 4.69) is 10.3 Å². The van der Waals surface area contributed by atoms with Gasteiger partial charge in [0.15, 0.2) is 0 Å². The minimum atomic E-state index is -4.47. The summed E-state index contributed by atoms with van der Waals surface area (Å²) in [7, 11) is 0. The minimum Gasteiger partial charge on any atom is -0.489 e. The molecule has 0 aliphatic rings. The highest BCUT2D eigenvalue weighted by Crippen LogP contribution is 2.31. The lowest BCUT2D eigenvalue weighted by Crippen LogP contribution is -2.23. The van der Waals surface area contributed by atoms with E-state index in [1.807, 2.05) is 0 Å². The maximum Gasteiger partial charge on any atom is 0.416 e. The molecule has 1 heterocycles. The van der Waals surface area contributed by atoms with Crippen LogP contribution in [0.4, 0.5) is 26.3 Å². The van der Waals surface area contributed by atoms with Crippen molar-refractivity contribution in [1.82, 2.24) is 10.3 Å². The average Bonchev–Trinajstić information content (AvgIpc) is 3.36. The van der Waals surface area contributed by atoms with E-state index in [0.29, 0.717) is 27.4 Å². The van der Waals surface area contributed by atoms with Crippen molar-refractivity contribution in [2.45, 2.75) is 25.5 Å². The van der Waals surface area contributed by atoms with Crippen LogP contribution in [0.2, 0.25) is 0 Å². The third-order valence-corrected chi connectivity index (χ3v) is 6.10. The molecule has 4 aromatic rings. The summed E-state index contributed by atoms with van der Waals surface area (Å²) in [4.78, 5) is 16.7. The molecule has 0 atom stereocenters. The topological polar surface area (TPSA) is 51.2 Å². The lowest BCUT2D eigenvalue weighted by atomic mass is 10.1. The number of carbonyl (C=O) groups is 1. The molecule has 4 nitrogen and oxygen atoms in total. The number of alkyl halides is 6. The van der Waals surface area contributed by atoms with Crippen molar-refractivity contribution < 1.29 is 35.9 Å². The van der Waals surface area contributed by atoms with Crippen LogP contribution < -0.4 is 10.1 Å². The van der Waals surface area contributed by atoms with E-state index < -0.39 is 29.4 Å². The van der Waals surface area contributed by atoms with Crippen LogP contribution in [0, 0.1) is 0 Å². The lowest BCUT2D eigenvalue weighted by molar-refractivity contribution is -0.138. The number of hydrogen-bond acceptors (Lipinski definition) is 4. The number of nitrogens with zero attached hydrogens (tertiary/aromatic N) is 1. The molecule has 0 spiro atoms. The van der Waals surface area contributed by atoms with Crippen molar-refractivity contribution in [3.8, 4) is 16.3 Å². The molecule has 0 fully saturated rings. The number of ether oxygens (including phenoxy) is 1. The van der Waals surface area contributed by atoms with Crippen molar-refractivity contribution in [1.29, 1.82) is 0 Å². The van der Waals surface area contributed by atoms with E-state index in [1.54, 1.807) is 30.3 Å². The first-order valence-electron chi connectivity index (χ1n) is 10.8. The quantitative estimate of drug-likeness (QED) is 0.251. The molecule has 11 heteroatoms. The maximum absolute atomic E-state index is 12.9. The fourth-order valence-corrected chi connectivity index (χ4v) is 4.15. The molecular weight excluding hydrogens is 518 g/mol. The van der Waals surface area contributed by atoms with Crippen LogP contribution in [0.3, 0.4) is 0 Å². The largest absolute Gasteiger partial charge is 0.489 e. The molecule has 1 amide bonds. The molecule has 0 radical (unpaired) electrons. The van der Waals surface area contributed by atoms with E-state index >= 15 is 0 Å². The first kappa shape index (κ1) is 26.2. The minimum absolute atomic E-state index is 0.0449. The molecule has 0 aliphatic heterocycles. The fraction of sp³-hybridized carbons (Fsp3) is 0.154. The maximum atomic E-state index is 12.9. The van der Waals surface area contributed by atoms with Crippen LogP contribution in [-0.4, -0.2) is 10.9 Å². The number of amides is 1. The Kier molecular flexibility index (Phi) is 7.53. The second-order valence-electron chi connectivity index (χ2n) is 7.93. The summed E-state index contributed by atoms with van der Waals surface area (Å²) < 4.78 is 82.7. The van der Waals surface area contributed by atoms with E-state index in [4.69, 9.17) is 4.74 Å². The molecule has 0 unspecified atom stereocenters. The predicted octanol–water partition coefficient (Wildman–Crippen LogP) is 7.36. The van der Waals surface area contributed by atoms with Gasteiger partial charge < -0.3 is 10.1 Å². The predicted molar refractivity (Wildman–Crippen MR) is 126 cm³/mol. The van der Waals surface area contributed by atoms with Crippen molar-refractivity contribution in [2.75, 3.05) is 0 Å². The van der Waals surface area contributed by atoms with Crippen LogP contribution in [0.25, 0.3) is 10.6 Å². The van der Waals surface area contributed by atoms with Gasteiger partial charge in [0, 0.05) is 17.5 Å². The van der Waals surface area contributed by atoms with Crippen LogP contribution >= 0.6 is 11.3 Å². The number of aromatic nitrogens is 1. The third-order valence-electron chi connectivity index (χ3n) is 5.21. The van der Waals surface area contributed by atoms with E-state index in [9.17, 15) is 31.1 Å². The number of halogens is 6. The first-order chi connectivity index (χ1) is 17.5. The Bertz CT molecular complexity index is 1380. The average molecular weight is 536 g/mol. The van der Waals surface area contributed by atoms with Gasteiger partial charge >= 0.3 is 12.4 Å². The van der Waals surface area contributed by atoms with Crippen LogP contribution in [0.15, 0.2) is 78.2 Å². The number of carbonyl (C=O) groups excluding carboxylic acids is 1. The van der Waals surface area contributed by atoms with Gasteiger partial charge in [-0.15, -0.1) is 11.3 Å². The Hall–Kier alpha value is -3.86. The van der Waals surface area contributed by atoms with Crippen molar-refractivity contribution in [3.63, 3.8) is 0 Å². The molecule has 0 aliphatic carbocycles. The van der Waals surface area contributed by atoms with Gasteiger partial charge in [-0.3, -0.25) is 4.79 Å². The van der Waals surface area contributed by atoms with Gasteiger partial charge in [-0.25, -0.2) is 4.98 Å². The summed E-state index contributed by atoms with van der Waals surface area (Å²) in [6, 6.07) is 16.2. The summed E-state index contributed by atoms with van der Waals surface area (Å²) in [6.45, 7) is -0.135. The summed E-state index contributed by atoms with van der Waals surface area (Å²) in [5.74, 6) is -0.0854. The summed E-state index contributed by atoms with van der Waals surface area (Å²) in [5, 5.41) is 4.63. The number of benzene rings is 3. The zero-order valence-corrected chi connectivity index (χ0v) is 19.7. The standard InChI is InChI=1S/C26H18F6N2O2S/c27-25(28,29)19-5-1-3-16(11-19)13-33-23(35)22-15-37-24(34-22)18-7-9-21(10-8-18)36-14-17-4-2-6-20(12-17)26(30,31)32/h1-12,15H,13-14H2,(H,33,35). The van der Waals surface area contributed by atoms with E-state index in [1.165, 1.54) is 34.9 Å². The third kappa shape index (κ3) is 6.88. The van der Waals surface area contributed by atoms with Crippen LogP contribution in [0.5, 0.6) is 5.75 Å². The highest BCUT2D eigenvalue weighted by Gasteiger charge is 2.31. The fourth-order valence-electron chi connectivity index (χ4n) is 3.34. The Morgan fingerprint density at radius 1 is 0.838 bits per heavy atom. The van der Waals surface area contributed by atoms with Crippen molar-refractivity contribution >= 4 is 17.2 Å². The highest BCUT2D eigenvalue weighted by molar-refractivity contribution is 7.13. The first-order valence-corrected chi connectivity index (χ1v) is 11.7. The zero-order chi connectivity index (χ0) is 26.6. The molecular formula is C26H18F6N2O2S. The van der Waals surface area contributed by atoms with Crippen molar-refractivity contribution in [2.24, 2.45) is 0 Å². The van der Waals surface area contributed by atoms with Gasteiger partial charge in [-0.05, 0) is 59.7 Å². The number of thiazole rings is 1. The normalized spacial score (nSPS) is 11.8. The molecule has 1 N–H and O–H groups in total. The van der Waals surface area contributed by atoms with Crippen LogP contribution in [-0.2, 0) is 25.5 Å². The summed E-state index contributed by atoms with van der Waals surface area (Å²) in [6.07, 6.45) is -8.90. The number of rotatable bonds is 7. The molecule has 37 heavy (non-hydrogen) atoms. The second kappa shape index (κ2) is 10.6. The van der Waals surface area contributed by atoms with Gasteiger partial charge in [0.05, 0.1) is 11.1 Å². The molecule has 4 rings (SSSR count). The van der Waals surface area contributed by atoms with Gasteiger partial charge in [-0.1, -0.05) is 24.3 Å². The van der Waals surface area contributed by atoms with Gasteiger partial charge in [0.1, 0.15) is 23.1 Å². The van der Waals surface area contributed by atoms with Crippen LogP contribution in [0.1, 0.15) is 32.7 Å². The Morgan fingerprint density at radius 2 is 1.43 bits per heavy atom. The molecule has 0 saturated heterocycles. The highest BCUT2D eigenvalue weighted by atomic mass is 32.1. The molecule has 0 bridgehead atoms. The molecule has 0 saturated carbocycles.